The molecule has 3 rings (SSSR count). The lowest BCUT2D eigenvalue weighted by molar-refractivity contribution is -0.130. The summed E-state index contributed by atoms with van der Waals surface area (Å²) in [4.78, 5) is 24.9. The molecule has 1 aliphatic heterocycles. The van der Waals surface area contributed by atoms with Crippen LogP contribution in [-0.4, -0.2) is 31.5 Å². The third kappa shape index (κ3) is 3.87. The number of hydrogen-bond acceptors (Lipinski definition) is 3. The molecule has 0 spiro atoms. The zero-order valence-corrected chi connectivity index (χ0v) is 15.6. The number of ether oxygens (including phenoxy) is 1. The van der Waals surface area contributed by atoms with Crippen molar-refractivity contribution in [3.05, 3.63) is 71.8 Å². The zero-order valence-electron chi connectivity index (χ0n) is 15.6. The van der Waals surface area contributed by atoms with Gasteiger partial charge in [-0.2, -0.15) is 0 Å². The lowest BCUT2D eigenvalue weighted by Gasteiger charge is -2.34. The minimum Gasteiger partial charge on any atom is -0.497 e. The van der Waals surface area contributed by atoms with E-state index in [-0.39, 0.29) is 17.7 Å². The monoisotopic (exact) mass is 364 g/mol. The molecule has 2 atom stereocenters. The fourth-order valence-electron chi connectivity index (χ4n) is 3.62. The Morgan fingerprint density at radius 2 is 2.00 bits per heavy atom. The van der Waals surface area contributed by atoms with Crippen molar-refractivity contribution in [3.63, 3.8) is 0 Å². The van der Waals surface area contributed by atoms with Crippen molar-refractivity contribution in [1.82, 2.24) is 10.6 Å². The van der Waals surface area contributed by atoms with E-state index in [1.54, 1.807) is 14.2 Å². The minimum absolute atomic E-state index is 0.111. The highest BCUT2D eigenvalue weighted by Gasteiger charge is 2.49. The third-order valence-electron chi connectivity index (χ3n) is 5.01. The predicted molar refractivity (Wildman–Crippen MR) is 105 cm³/mol. The van der Waals surface area contributed by atoms with Gasteiger partial charge in [0.15, 0.2) is 0 Å². The van der Waals surface area contributed by atoms with Gasteiger partial charge in [-0.15, -0.1) is 0 Å². The maximum atomic E-state index is 12.9. The van der Waals surface area contributed by atoms with E-state index in [1.165, 1.54) is 0 Å². The van der Waals surface area contributed by atoms with E-state index in [1.807, 2.05) is 66.7 Å². The Labute approximate surface area is 159 Å². The SMILES string of the molecule is CNC(=O)[C@@]1([C@@H](/C=C\c2ccccc2)c2cccc(OC)c2)CCC(=O)N1. The van der Waals surface area contributed by atoms with Crippen LogP contribution in [0.2, 0.25) is 0 Å². The van der Waals surface area contributed by atoms with Crippen LogP contribution in [0.15, 0.2) is 60.7 Å². The molecule has 1 fully saturated rings. The second kappa shape index (κ2) is 8.08. The van der Waals surface area contributed by atoms with Gasteiger partial charge in [-0.1, -0.05) is 54.6 Å². The molecule has 2 N–H and O–H groups in total. The smallest absolute Gasteiger partial charge is 0.246 e. The summed E-state index contributed by atoms with van der Waals surface area (Å²) < 4.78 is 5.36. The van der Waals surface area contributed by atoms with Gasteiger partial charge in [-0.3, -0.25) is 9.59 Å². The van der Waals surface area contributed by atoms with Crippen molar-refractivity contribution in [2.24, 2.45) is 0 Å². The van der Waals surface area contributed by atoms with E-state index < -0.39 is 5.54 Å². The maximum absolute atomic E-state index is 12.9. The van der Waals surface area contributed by atoms with Crippen LogP contribution in [0.1, 0.15) is 29.9 Å². The third-order valence-corrected chi connectivity index (χ3v) is 5.01. The van der Waals surface area contributed by atoms with Crippen LogP contribution in [0.4, 0.5) is 0 Å². The van der Waals surface area contributed by atoms with Crippen LogP contribution in [0.5, 0.6) is 5.75 Å². The lowest BCUT2D eigenvalue weighted by Crippen LogP contribution is -2.57. The van der Waals surface area contributed by atoms with Gasteiger partial charge in [0.05, 0.1) is 7.11 Å². The maximum Gasteiger partial charge on any atom is 0.246 e. The molecule has 5 heteroatoms. The summed E-state index contributed by atoms with van der Waals surface area (Å²) in [6.07, 6.45) is 4.74. The quantitative estimate of drug-likeness (QED) is 0.828. The van der Waals surface area contributed by atoms with Crippen LogP contribution in [0, 0.1) is 0 Å². The number of nitrogens with one attached hydrogen (secondary N) is 2. The van der Waals surface area contributed by atoms with Gasteiger partial charge < -0.3 is 15.4 Å². The van der Waals surface area contributed by atoms with E-state index >= 15 is 0 Å². The van der Waals surface area contributed by atoms with Crippen molar-refractivity contribution in [1.29, 1.82) is 0 Å². The lowest BCUT2D eigenvalue weighted by atomic mass is 9.76. The van der Waals surface area contributed by atoms with Gasteiger partial charge in [0.2, 0.25) is 11.8 Å². The molecule has 2 amide bonds. The number of carbonyl (C=O) groups excluding carboxylic acids is 2. The predicted octanol–water partition coefficient (Wildman–Crippen LogP) is 2.89. The van der Waals surface area contributed by atoms with Crippen LogP contribution >= 0.6 is 0 Å². The number of hydrogen-bond donors (Lipinski definition) is 2. The Hall–Kier alpha value is -3.08. The van der Waals surface area contributed by atoms with Gasteiger partial charge in [0.1, 0.15) is 11.3 Å². The standard InChI is InChI=1S/C22H24N2O3/c1-23-21(26)22(14-13-20(25)24-22)19(12-11-16-7-4-3-5-8-16)17-9-6-10-18(15-17)27-2/h3-12,15,19H,13-14H2,1-2H3,(H,23,26)(H,24,25)/b12-11-/t19-,22-/m0/s1. The first-order chi connectivity index (χ1) is 13.1. The Balaban J connectivity index is 2.09. The molecule has 27 heavy (non-hydrogen) atoms. The number of likely N-dealkylation sites (N-methyl/N-ethyl adjacent to an activating group) is 1. The molecule has 140 valence electrons. The van der Waals surface area contributed by atoms with Gasteiger partial charge in [0, 0.05) is 19.4 Å². The summed E-state index contributed by atoms with van der Waals surface area (Å²) in [6, 6.07) is 17.5. The van der Waals surface area contributed by atoms with E-state index in [2.05, 4.69) is 10.6 Å². The topological polar surface area (TPSA) is 67.4 Å². The second-order valence-electron chi connectivity index (χ2n) is 6.62. The average molecular weight is 364 g/mol. The average Bonchev–Trinajstić information content (AvgIpc) is 3.11. The summed E-state index contributed by atoms with van der Waals surface area (Å²) in [5.74, 6) is 0.0692. The van der Waals surface area contributed by atoms with Crippen LogP contribution in [0.25, 0.3) is 6.08 Å². The van der Waals surface area contributed by atoms with E-state index in [0.717, 1.165) is 11.1 Å². The zero-order chi connectivity index (χ0) is 19.3. The first-order valence-corrected chi connectivity index (χ1v) is 8.99. The molecule has 2 aromatic rings. The van der Waals surface area contributed by atoms with Gasteiger partial charge in [-0.05, 0) is 29.7 Å². The molecular formula is C22H24N2O3. The first kappa shape index (κ1) is 18.7. The van der Waals surface area contributed by atoms with Crippen molar-refractivity contribution in [3.8, 4) is 5.75 Å². The van der Waals surface area contributed by atoms with Crippen LogP contribution in [0.3, 0.4) is 0 Å². The van der Waals surface area contributed by atoms with Crippen molar-refractivity contribution in [2.45, 2.75) is 24.3 Å². The van der Waals surface area contributed by atoms with E-state index in [0.29, 0.717) is 18.6 Å². The molecule has 0 aliphatic carbocycles. The molecule has 0 radical (unpaired) electrons. The summed E-state index contributed by atoms with van der Waals surface area (Å²) in [7, 11) is 3.21. The molecule has 0 saturated carbocycles. The van der Waals surface area contributed by atoms with Gasteiger partial charge >= 0.3 is 0 Å². The fraction of sp³-hybridized carbons (Fsp3) is 0.273. The fourth-order valence-corrected chi connectivity index (χ4v) is 3.62. The van der Waals surface area contributed by atoms with E-state index in [9.17, 15) is 9.59 Å². The molecule has 2 aromatic carbocycles. The van der Waals surface area contributed by atoms with E-state index in [4.69, 9.17) is 4.74 Å². The van der Waals surface area contributed by atoms with Gasteiger partial charge in [0.25, 0.3) is 0 Å². The molecular weight excluding hydrogens is 340 g/mol. The van der Waals surface area contributed by atoms with Crippen LogP contribution in [-0.2, 0) is 9.59 Å². The molecule has 1 saturated heterocycles. The number of benzene rings is 2. The Bertz CT molecular complexity index is 848. The number of carbonyl (C=O) groups is 2. The van der Waals surface area contributed by atoms with Gasteiger partial charge in [-0.25, -0.2) is 0 Å². The highest BCUT2D eigenvalue weighted by molar-refractivity contribution is 5.96. The summed E-state index contributed by atoms with van der Waals surface area (Å²) >= 11 is 0. The van der Waals surface area contributed by atoms with Crippen molar-refractivity contribution >= 4 is 17.9 Å². The molecule has 0 unspecified atom stereocenters. The molecule has 1 aliphatic rings. The number of amides is 2. The normalized spacial score (nSPS) is 20.3. The summed E-state index contributed by atoms with van der Waals surface area (Å²) in [5, 5.41) is 5.67. The summed E-state index contributed by atoms with van der Waals surface area (Å²) in [5.41, 5.74) is 0.915. The second-order valence-corrected chi connectivity index (χ2v) is 6.62. The minimum atomic E-state index is -1.02. The summed E-state index contributed by atoms with van der Waals surface area (Å²) in [6.45, 7) is 0. The number of rotatable bonds is 6. The largest absolute Gasteiger partial charge is 0.497 e. The van der Waals surface area contributed by atoms with Crippen molar-refractivity contribution < 1.29 is 14.3 Å². The highest BCUT2D eigenvalue weighted by atomic mass is 16.5. The molecule has 1 heterocycles. The van der Waals surface area contributed by atoms with Crippen molar-refractivity contribution in [2.75, 3.05) is 14.2 Å². The Morgan fingerprint density at radius 1 is 1.22 bits per heavy atom. The highest BCUT2D eigenvalue weighted by Crippen LogP contribution is 2.38. The molecule has 0 aromatic heterocycles. The van der Waals surface area contributed by atoms with Crippen LogP contribution < -0.4 is 15.4 Å². The molecule has 0 bridgehead atoms. The number of methoxy groups -OCH3 is 1. The first-order valence-electron chi connectivity index (χ1n) is 8.99. The molecule has 5 nitrogen and oxygen atoms in total. The Morgan fingerprint density at radius 3 is 2.63 bits per heavy atom. The Kier molecular flexibility index (Phi) is 5.60.